The van der Waals surface area contributed by atoms with E-state index in [1.807, 2.05) is 24.4 Å². The van der Waals surface area contributed by atoms with E-state index in [4.69, 9.17) is 10.5 Å². The zero-order chi connectivity index (χ0) is 16.6. The molecule has 0 saturated carbocycles. The minimum absolute atomic E-state index is 0.343. The number of anilines is 1. The van der Waals surface area contributed by atoms with Gasteiger partial charge < -0.3 is 15.0 Å². The number of carbonyl (C=O) groups excluding carboxylic acids is 1. The van der Waals surface area contributed by atoms with Crippen molar-refractivity contribution in [3.63, 3.8) is 0 Å². The summed E-state index contributed by atoms with van der Waals surface area (Å²) in [6.07, 6.45) is 1.96. The van der Waals surface area contributed by atoms with Crippen LogP contribution in [0.3, 0.4) is 0 Å². The van der Waals surface area contributed by atoms with Crippen LogP contribution in [-0.4, -0.2) is 22.1 Å². The highest BCUT2D eigenvalue weighted by atomic mass is 32.1. The van der Waals surface area contributed by atoms with E-state index in [1.54, 1.807) is 12.3 Å². The molecule has 0 radical (unpaired) electrons. The summed E-state index contributed by atoms with van der Waals surface area (Å²) in [6, 6.07) is 6.43. The van der Waals surface area contributed by atoms with Crippen LogP contribution >= 0.6 is 11.3 Å². The van der Waals surface area contributed by atoms with Crippen molar-refractivity contribution < 1.29 is 9.53 Å². The van der Waals surface area contributed by atoms with Crippen LogP contribution in [0.5, 0.6) is 0 Å². The van der Waals surface area contributed by atoms with Gasteiger partial charge in [-0.1, -0.05) is 0 Å². The minimum atomic E-state index is -0.387. The summed E-state index contributed by atoms with van der Waals surface area (Å²) in [5.74, 6) is -0.387. The fourth-order valence-electron chi connectivity index (χ4n) is 2.55. The number of nitrogen functional groups attached to an aromatic ring is 1. The Kier molecular flexibility index (Phi) is 4.09. The average Bonchev–Trinajstić information content (AvgIpc) is 3.13. The first kappa shape index (κ1) is 15.6. The Hall–Kier alpha value is -2.34. The molecule has 0 aliphatic carbocycles. The van der Waals surface area contributed by atoms with Crippen molar-refractivity contribution in [3.8, 4) is 10.6 Å². The Morgan fingerprint density at radius 1 is 1.43 bits per heavy atom. The molecule has 23 heavy (non-hydrogen) atoms. The molecule has 1 aromatic carbocycles. The number of ether oxygens (including phenoxy) is 1. The zero-order valence-corrected chi connectivity index (χ0v) is 14.2. The molecule has 0 bridgehead atoms. The first-order chi connectivity index (χ1) is 11.0. The predicted molar refractivity (Wildman–Crippen MR) is 93.8 cm³/mol. The molecule has 2 N–H and O–H groups in total. The highest BCUT2D eigenvalue weighted by molar-refractivity contribution is 7.13. The van der Waals surface area contributed by atoms with Gasteiger partial charge in [0.15, 0.2) is 5.69 Å². The van der Waals surface area contributed by atoms with Gasteiger partial charge in [-0.05, 0) is 39.0 Å². The third kappa shape index (κ3) is 2.82. The molecule has 0 fully saturated rings. The zero-order valence-electron chi connectivity index (χ0n) is 13.4. The van der Waals surface area contributed by atoms with Crippen molar-refractivity contribution in [3.05, 3.63) is 35.5 Å². The number of hydrogen-bond donors (Lipinski definition) is 1. The second-order valence-corrected chi connectivity index (χ2v) is 6.43. The minimum Gasteiger partial charge on any atom is -0.461 e. The largest absolute Gasteiger partial charge is 0.461 e. The van der Waals surface area contributed by atoms with Gasteiger partial charge in [0.2, 0.25) is 0 Å². The van der Waals surface area contributed by atoms with Gasteiger partial charge in [-0.25, -0.2) is 9.78 Å². The normalized spacial score (nSPS) is 11.3. The van der Waals surface area contributed by atoms with Crippen LogP contribution in [0.4, 0.5) is 5.69 Å². The van der Waals surface area contributed by atoms with E-state index in [0.29, 0.717) is 18.3 Å². The molecule has 0 unspecified atom stereocenters. The maximum atomic E-state index is 11.7. The maximum Gasteiger partial charge on any atom is 0.357 e. The fraction of sp³-hybridized carbons (Fsp3) is 0.294. The van der Waals surface area contributed by atoms with Crippen molar-refractivity contribution >= 4 is 33.9 Å². The smallest absolute Gasteiger partial charge is 0.357 e. The molecular formula is C17H19N3O2S. The number of benzene rings is 1. The maximum absolute atomic E-state index is 11.7. The molecule has 0 amide bonds. The van der Waals surface area contributed by atoms with Crippen molar-refractivity contribution in [1.29, 1.82) is 0 Å². The molecule has 3 rings (SSSR count). The highest BCUT2D eigenvalue weighted by Crippen LogP contribution is 2.32. The average molecular weight is 329 g/mol. The lowest BCUT2D eigenvalue weighted by atomic mass is 10.1. The molecule has 2 aromatic heterocycles. The predicted octanol–water partition coefficient (Wildman–Crippen LogP) is 4.10. The summed E-state index contributed by atoms with van der Waals surface area (Å²) in [6.45, 7) is 6.37. The first-order valence-corrected chi connectivity index (χ1v) is 8.42. The first-order valence-electron chi connectivity index (χ1n) is 7.54. The Morgan fingerprint density at radius 2 is 2.22 bits per heavy atom. The lowest BCUT2D eigenvalue weighted by molar-refractivity contribution is 0.0520. The third-order valence-corrected chi connectivity index (χ3v) is 4.55. The van der Waals surface area contributed by atoms with Gasteiger partial charge in [-0.2, -0.15) is 0 Å². The summed E-state index contributed by atoms with van der Waals surface area (Å²) in [5, 5.41) is 3.51. The molecule has 120 valence electrons. The van der Waals surface area contributed by atoms with E-state index in [1.165, 1.54) is 11.3 Å². The number of esters is 1. The van der Waals surface area contributed by atoms with Gasteiger partial charge in [0.1, 0.15) is 5.01 Å². The molecule has 0 aliphatic rings. The van der Waals surface area contributed by atoms with Crippen LogP contribution in [0, 0.1) is 0 Å². The van der Waals surface area contributed by atoms with Crippen LogP contribution in [0.15, 0.2) is 29.8 Å². The van der Waals surface area contributed by atoms with E-state index in [0.717, 1.165) is 27.2 Å². The molecule has 0 aliphatic heterocycles. The highest BCUT2D eigenvalue weighted by Gasteiger charge is 2.14. The van der Waals surface area contributed by atoms with Gasteiger partial charge in [0.05, 0.1) is 17.8 Å². The number of aromatic nitrogens is 2. The number of hydrogen-bond acceptors (Lipinski definition) is 5. The lowest BCUT2D eigenvalue weighted by Gasteiger charge is -2.08. The summed E-state index contributed by atoms with van der Waals surface area (Å²) in [4.78, 5) is 16.1. The molecular weight excluding hydrogens is 310 g/mol. The number of thiazole rings is 1. The number of nitrogens with two attached hydrogens (primary N) is 1. The van der Waals surface area contributed by atoms with Crippen LogP contribution in [-0.2, 0) is 4.74 Å². The third-order valence-electron chi connectivity index (χ3n) is 3.66. The van der Waals surface area contributed by atoms with Crippen LogP contribution in [0.2, 0.25) is 0 Å². The van der Waals surface area contributed by atoms with Gasteiger partial charge in [0, 0.05) is 28.6 Å². The molecule has 0 atom stereocenters. The second-order valence-electron chi connectivity index (χ2n) is 5.58. The van der Waals surface area contributed by atoms with Gasteiger partial charge in [-0.15, -0.1) is 11.3 Å². The quantitative estimate of drug-likeness (QED) is 0.731. The molecule has 3 aromatic rings. The topological polar surface area (TPSA) is 70.1 Å². The SMILES string of the molecule is CCOC(=O)c1csc(-c2ccc3c(c2)c(N)cn3C(C)C)n1. The monoisotopic (exact) mass is 329 g/mol. The fourth-order valence-corrected chi connectivity index (χ4v) is 3.33. The molecule has 2 heterocycles. The van der Waals surface area contributed by atoms with E-state index >= 15 is 0 Å². The Labute approximate surface area is 138 Å². The van der Waals surface area contributed by atoms with E-state index < -0.39 is 0 Å². The molecule has 0 spiro atoms. The summed E-state index contributed by atoms with van der Waals surface area (Å²) < 4.78 is 7.13. The van der Waals surface area contributed by atoms with Crippen LogP contribution in [0.25, 0.3) is 21.5 Å². The standard InChI is InChI=1S/C17H19N3O2S/c1-4-22-17(21)14-9-23-16(19-14)11-5-6-15-12(7-11)13(18)8-20(15)10(2)3/h5-10H,4,18H2,1-3H3. The Morgan fingerprint density at radius 3 is 2.91 bits per heavy atom. The molecule has 5 nitrogen and oxygen atoms in total. The number of carbonyl (C=O) groups is 1. The number of rotatable bonds is 4. The van der Waals surface area contributed by atoms with Crippen molar-refractivity contribution in [2.45, 2.75) is 26.8 Å². The van der Waals surface area contributed by atoms with E-state index in [2.05, 4.69) is 23.4 Å². The van der Waals surface area contributed by atoms with Crippen molar-refractivity contribution in [2.24, 2.45) is 0 Å². The van der Waals surface area contributed by atoms with Crippen LogP contribution in [0.1, 0.15) is 37.3 Å². The van der Waals surface area contributed by atoms with Gasteiger partial charge in [-0.3, -0.25) is 0 Å². The summed E-state index contributed by atoms with van der Waals surface area (Å²) in [5.41, 5.74) is 9.29. The second kappa shape index (κ2) is 6.04. The number of nitrogens with zero attached hydrogens (tertiary/aromatic N) is 2. The van der Waals surface area contributed by atoms with E-state index in [-0.39, 0.29) is 5.97 Å². The molecule has 6 heteroatoms. The van der Waals surface area contributed by atoms with Crippen molar-refractivity contribution in [2.75, 3.05) is 12.3 Å². The van der Waals surface area contributed by atoms with E-state index in [9.17, 15) is 4.79 Å². The van der Waals surface area contributed by atoms with Gasteiger partial charge >= 0.3 is 5.97 Å². The lowest BCUT2D eigenvalue weighted by Crippen LogP contribution is -2.04. The van der Waals surface area contributed by atoms with Crippen LogP contribution < -0.4 is 5.73 Å². The van der Waals surface area contributed by atoms with Gasteiger partial charge in [0.25, 0.3) is 0 Å². The molecule has 0 saturated heterocycles. The summed E-state index contributed by atoms with van der Waals surface area (Å²) >= 11 is 1.42. The number of fused-ring (bicyclic) bond motifs is 1. The van der Waals surface area contributed by atoms with Crippen molar-refractivity contribution in [1.82, 2.24) is 9.55 Å². The summed E-state index contributed by atoms with van der Waals surface area (Å²) in [7, 11) is 0. The Bertz CT molecular complexity index is 864. The Balaban J connectivity index is 2.01.